The Morgan fingerprint density at radius 3 is 1.28 bits per heavy atom. The van der Waals surface area contributed by atoms with E-state index >= 15 is 0 Å². The number of rotatable bonds is 2. The lowest BCUT2D eigenvalue weighted by atomic mass is 10.2. The molecule has 0 amide bonds. The largest absolute Gasteiger partial charge is 0.486 e. The van der Waals surface area contributed by atoms with Crippen molar-refractivity contribution in [3.8, 4) is 6.07 Å². The van der Waals surface area contributed by atoms with Crippen molar-refractivity contribution >= 4 is 34.5 Å². The summed E-state index contributed by atoms with van der Waals surface area (Å²) in [6.45, 7) is 3.72. The SMILES string of the molecule is CC(C)C#N.COC(=S)c1ccccc1.COC(=S)c1ccccc1. The fourth-order valence-electron chi connectivity index (χ4n) is 1.38. The van der Waals surface area contributed by atoms with Crippen LogP contribution >= 0.6 is 24.4 Å². The second-order valence-electron chi connectivity index (χ2n) is 5.00. The van der Waals surface area contributed by atoms with E-state index in [1.54, 1.807) is 14.2 Å². The van der Waals surface area contributed by atoms with E-state index in [4.69, 9.17) is 39.2 Å². The van der Waals surface area contributed by atoms with Crippen LogP contribution in [-0.4, -0.2) is 24.3 Å². The molecule has 0 fully saturated rings. The average molecular weight is 374 g/mol. The van der Waals surface area contributed by atoms with Crippen LogP contribution in [0.2, 0.25) is 0 Å². The van der Waals surface area contributed by atoms with E-state index in [9.17, 15) is 0 Å². The Morgan fingerprint density at radius 1 is 0.800 bits per heavy atom. The maximum Gasteiger partial charge on any atom is 0.190 e. The number of hydrogen-bond donors (Lipinski definition) is 0. The molecule has 0 aromatic heterocycles. The predicted octanol–water partition coefficient (Wildman–Crippen LogP) is 5.18. The van der Waals surface area contributed by atoms with Crippen LogP contribution < -0.4 is 0 Å². The molecule has 0 heterocycles. The Kier molecular flexibility index (Phi) is 12.8. The third-order valence-electron chi connectivity index (χ3n) is 2.65. The number of ether oxygens (including phenoxy) is 2. The lowest BCUT2D eigenvalue weighted by Gasteiger charge is -1.99. The molecule has 0 aliphatic carbocycles. The van der Waals surface area contributed by atoms with Crippen molar-refractivity contribution in [1.29, 1.82) is 5.26 Å². The van der Waals surface area contributed by atoms with E-state index in [1.165, 1.54) is 0 Å². The summed E-state index contributed by atoms with van der Waals surface area (Å²) in [6.07, 6.45) is 0. The van der Waals surface area contributed by atoms with E-state index in [0.29, 0.717) is 10.1 Å². The van der Waals surface area contributed by atoms with Crippen molar-refractivity contribution in [2.75, 3.05) is 14.2 Å². The van der Waals surface area contributed by atoms with Crippen LogP contribution in [0, 0.1) is 17.2 Å². The van der Waals surface area contributed by atoms with Gasteiger partial charge in [-0.15, -0.1) is 0 Å². The number of hydrogen-bond acceptors (Lipinski definition) is 5. The lowest BCUT2D eigenvalue weighted by Crippen LogP contribution is -1.97. The summed E-state index contributed by atoms with van der Waals surface area (Å²) in [4.78, 5) is 0. The minimum Gasteiger partial charge on any atom is -0.486 e. The van der Waals surface area contributed by atoms with Gasteiger partial charge in [0.15, 0.2) is 10.1 Å². The van der Waals surface area contributed by atoms with Crippen molar-refractivity contribution in [3.05, 3.63) is 71.8 Å². The van der Waals surface area contributed by atoms with E-state index < -0.39 is 0 Å². The molecule has 0 aliphatic rings. The maximum absolute atomic E-state index is 7.89. The van der Waals surface area contributed by atoms with Crippen molar-refractivity contribution < 1.29 is 9.47 Å². The van der Waals surface area contributed by atoms with E-state index in [2.05, 4.69) is 0 Å². The predicted molar refractivity (Wildman–Crippen MR) is 111 cm³/mol. The van der Waals surface area contributed by atoms with Gasteiger partial charge in [-0.2, -0.15) is 5.26 Å². The minimum atomic E-state index is 0.190. The molecule has 0 atom stereocenters. The van der Waals surface area contributed by atoms with Gasteiger partial charge in [-0.1, -0.05) is 60.7 Å². The van der Waals surface area contributed by atoms with Crippen molar-refractivity contribution in [2.24, 2.45) is 5.92 Å². The summed E-state index contributed by atoms with van der Waals surface area (Å²) >= 11 is 9.80. The Bertz CT molecular complexity index is 614. The van der Waals surface area contributed by atoms with Gasteiger partial charge in [0.2, 0.25) is 0 Å². The van der Waals surface area contributed by atoms with E-state index in [1.807, 2.05) is 80.6 Å². The zero-order chi connectivity index (χ0) is 19.1. The van der Waals surface area contributed by atoms with Crippen LogP contribution in [0.1, 0.15) is 25.0 Å². The van der Waals surface area contributed by atoms with E-state index in [0.717, 1.165) is 11.1 Å². The molecule has 0 saturated carbocycles. The summed E-state index contributed by atoms with van der Waals surface area (Å²) in [5.41, 5.74) is 1.92. The fourth-order valence-corrected chi connectivity index (χ4v) is 1.66. The topological polar surface area (TPSA) is 42.2 Å². The van der Waals surface area contributed by atoms with Crippen LogP contribution in [0.25, 0.3) is 0 Å². The maximum atomic E-state index is 7.89. The second-order valence-corrected chi connectivity index (χ2v) is 5.74. The highest BCUT2D eigenvalue weighted by Crippen LogP contribution is 2.01. The highest BCUT2D eigenvalue weighted by atomic mass is 32.1. The first-order chi connectivity index (χ1) is 12.0. The van der Waals surface area contributed by atoms with Gasteiger partial charge in [-0.05, 0) is 38.3 Å². The Labute approximate surface area is 161 Å². The monoisotopic (exact) mass is 373 g/mol. The third kappa shape index (κ3) is 11.0. The number of thiocarbonyl (C=S) groups is 2. The fraction of sp³-hybridized carbons (Fsp3) is 0.250. The van der Waals surface area contributed by atoms with Crippen molar-refractivity contribution in [3.63, 3.8) is 0 Å². The zero-order valence-electron chi connectivity index (χ0n) is 14.9. The van der Waals surface area contributed by atoms with Crippen LogP contribution in [0.4, 0.5) is 0 Å². The lowest BCUT2D eigenvalue weighted by molar-refractivity contribution is 0.416. The standard InChI is InChI=1S/2C8H8OS.C4H7N/c2*1-9-8(10)7-5-3-2-4-6-7;1-4(2)3-5/h2*2-6H,1H3;4H,1-2H3. The van der Waals surface area contributed by atoms with Crippen LogP contribution in [0.3, 0.4) is 0 Å². The van der Waals surface area contributed by atoms with Crippen LogP contribution in [0.15, 0.2) is 60.7 Å². The van der Waals surface area contributed by atoms with Gasteiger partial charge in [0.05, 0.1) is 20.3 Å². The Morgan fingerprint density at radius 2 is 1.08 bits per heavy atom. The van der Waals surface area contributed by atoms with E-state index in [-0.39, 0.29) is 5.92 Å². The molecule has 0 radical (unpaired) electrons. The van der Waals surface area contributed by atoms with Crippen molar-refractivity contribution in [1.82, 2.24) is 0 Å². The first kappa shape index (κ1) is 22.7. The number of nitrogens with zero attached hydrogens (tertiary/aromatic N) is 1. The molecule has 0 saturated heterocycles. The smallest absolute Gasteiger partial charge is 0.190 e. The molecule has 0 unspecified atom stereocenters. The Hall–Kier alpha value is -2.29. The summed E-state index contributed by atoms with van der Waals surface area (Å²) in [7, 11) is 3.16. The molecule has 0 spiro atoms. The molecule has 0 N–H and O–H groups in total. The molecule has 132 valence electrons. The van der Waals surface area contributed by atoms with Crippen LogP contribution in [-0.2, 0) is 9.47 Å². The molecule has 2 aromatic carbocycles. The number of methoxy groups -OCH3 is 2. The summed E-state index contributed by atoms with van der Waals surface area (Å²) in [6, 6.07) is 21.3. The summed E-state index contributed by atoms with van der Waals surface area (Å²) in [5, 5.41) is 8.98. The minimum absolute atomic E-state index is 0.190. The zero-order valence-corrected chi connectivity index (χ0v) is 16.6. The summed E-state index contributed by atoms with van der Waals surface area (Å²) in [5.74, 6) is 0.190. The normalized spacial score (nSPS) is 8.64. The Balaban J connectivity index is 0.000000368. The molecule has 5 heteroatoms. The first-order valence-electron chi connectivity index (χ1n) is 7.62. The molecule has 2 rings (SSSR count). The van der Waals surface area contributed by atoms with Gasteiger partial charge >= 0.3 is 0 Å². The highest BCUT2D eigenvalue weighted by molar-refractivity contribution is 7.80. The van der Waals surface area contributed by atoms with Gasteiger partial charge in [-0.3, -0.25) is 0 Å². The molecule has 0 bridgehead atoms. The quantitative estimate of drug-likeness (QED) is 0.678. The molecule has 2 aromatic rings. The van der Waals surface area contributed by atoms with Gasteiger partial charge < -0.3 is 9.47 Å². The molecular formula is C20H23NO2S2. The molecular weight excluding hydrogens is 350 g/mol. The molecule has 3 nitrogen and oxygen atoms in total. The van der Waals surface area contributed by atoms with Gasteiger partial charge in [0.1, 0.15) is 0 Å². The summed E-state index contributed by atoms with van der Waals surface area (Å²) < 4.78 is 9.74. The average Bonchev–Trinajstić information content (AvgIpc) is 2.69. The number of benzene rings is 2. The highest BCUT2D eigenvalue weighted by Gasteiger charge is 1.96. The number of nitriles is 1. The van der Waals surface area contributed by atoms with Crippen LogP contribution in [0.5, 0.6) is 0 Å². The third-order valence-corrected chi connectivity index (χ3v) is 3.45. The second kappa shape index (κ2) is 14.1. The van der Waals surface area contributed by atoms with Gasteiger partial charge in [-0.25, -0.2) is 0 Å². The molecule has 25 heavy (non-hydrogen) atoms. The molecule has 0 aliphatic heterocycles. The van der Waals surface area contributed by atoms with Gasteiger partial charge in [0, 0.05) is 17.0 Å². The van der Waals surface area contributed by atoms with Gasteiger partial charge in [0.25, 0.3) is 0 Å². The first-order valence-corrected chi connectivity index (χ1v) is 8.44. The van der Waals surface area contributed by atoms with Crippen molar-refractivity contribution in [2.45, 2.75) is 13.8 Å².